The largest absolute Gasteiger partial charge is 0.456 e. The van der Waals surface area contributed by atoms with Crippen LogP contribution < -0.4 is 5.32 Å². The second-order valence-corrected chi connectivity index (χ2v) is 5.16. The summed E-state index contributed by atoms with van der Waals surface area (Å²) >= 11 is 1.89. The summed E-state index contributed by atoms with van der Waals surface area (Å²) < 4.78 is 5.25. The zero-order chi connectivity index (χ0) is 12.0. The van der Waals surface area contributed by atoms with Crippen LogP contribution in [0.2, 0.25) is 0 Å². The summed E-state index contributed by atoms with van der Waals surface area (Å²) in [6.45, 7) is 5.99. The Labute approximate surface area is 101 Å². The third-order valence-corrected chi connectivity index (χ3v) is 3.17. The molecule has 0 aliphatic carbocycles. The van der Waals surface area contributed by atoms with Gasteiger partial charge in [0.1, 0.15) is 5.76 Å². The molecule has 1 atom stereocenters. The van der Waals surface area contributed by atoms with Gasteiger partial charge in [-0.1, -0.05) is 6.92 Å². The van der Waals surface area contributed by atoms with E-state index in [1.807, 2.05) is 25.6 Å². The maximum atomic E-state index is 11.7. The molecule has 1 N–H and O–H groups in total. The Balaban J connectivity index is 2.33. The van der Waals surface area contributed by atoms with E-state index in [4.69, 9.17) is 4.42 Å². The Morgan fingerprint density at radius 3 is 2.88 bits per heavy atom. The van der Waals surface area contributed by atoms with Crippen LogP contribution >= 0.6 is 11.8 Å². The molecule has 1 heterocycles. The fourth-order valence-corrected chi connectivity index (χ4v) is 2.14. The van der Waals surface area contributed by atoms with Gasteiger partial charge in [-0.05, 0) is 43.9 Å². The number of aryl methyl sites for hydroxylation is 1. The molecule has 4 heteroatoms. The number of amides is 1. The molecule has 0 aliphatic rings. The minimum absolute atomic E-state index is 0.123. The molecule has 3 nitrogen and oxygen atoms in total. The summed E-state index contributed by atoms with van der Waals surface area (Å²) in [4.78, 5) is 11.7. The molecule has 1 amide bonds. The van der Waals surface area contributed by atoms with Gasteiger partial charge in [0.2, 0.25) is 0 Å². The molecule has 0 spiro atoms. The zero-order valence-corrected chi connectivity index (χ0v) is 10.9. The van der Waals surface area contributed by atoms with Crippen molar-refractivity contribution in [2.45, 2.75) is 33.2 Å². The molecule has 1 aromatic heterocycles. The molecule has 1 unspecified atom stereocenters. The number of carbonyl (C=O) groups is 1. The second kappa shape index (κ2) is 6.63. The number of furan rings is 1. The number of hydrogen-bond acceptors (Lipinski definition) is 3. The average molecular weight is 241 g/mol. The molecule has 1 aromatic rings. The number of carbonyl (C=O) groups excluding carboxylic acids is 1. The summed E-state index contributed by atoms with van der Waals surface area (Å²) in [5, 5.41) is 2.92. The van der Waals surface area contributed by atoms with Gasteiger partial charge in [0.15, 0.2) is 5.76 Å². The summed E-state index contributed by atoms with van der Waals surface area (Å²) in [7, 11) is 0. The minimum Gasteiger partial charge on any atom is -0.456 e. The number of hydrogen-bond donors (Lipinski definition) is 1. The molecule has 1 rings (SSSR count). The molecular formula is C12H19NO2S. The van der Waals surface area contributed by atoms with E-state index in [2.05, 4.69) is 12.2 Å². The SMILES string of the molecule is CCSCCC(C)NC(=O)c1ccc(C)o1. The molecule has 0 radical (unpaired) electrons. The van der Waals surface area contributed by atoms with Crippen LogP contribution in [0, 0.1) is 6.92 Å². The Kier molecular flexibility index (Phi) is 5.46. The van der Waals surface area contributed by atoms with Gasteiger partial charge in [0, 0.05) is 6.04 Å². The van der Waals surface area contributed by atoms with Crippen molar-refractivity contribution >= 4 is 17.7 Å². The van der Waals surface area contributed by atoms with Crippen molar-refractivity contribution in [3.63, 3.8) is 0 Å². The molecule has 0 aliphatic heterocycles. The standard InChI is InChI=1S/C12H19NO2S/c1-4-16-8-7-9(2)13-12(14)11-6-5-10(3)15-11/h5-6,9H,4,7-8H2,1-3H3,(H,13,14). The Bertz CT molecular complexity index is 336. The Hall–Kier alpha value is -0.900. The van der Waals surface area contributed by atoms with Crippen LogP contribution in [0.1, 0.15) is 36.6 Å². The fourth-order valence-electron chi connectivity index (χ4n) is 1.33. The predicted molar refractivity (Wildman–Crippen MR) is 68.0 cm³/mol. The third-order valence-electron chi connectivity index (χ3n) is 2.24. The third kappa shape index (κ3) is 4.31. The number of rotatable bonds is 6. The lowest BCUT2D eigenvalue weighted by molar-refractivity contribution is 0.0910. The lowest BCUT2D eigenvalue weighted by Gasteiger charge is -2.12. The first-order valence-corrected chi connectivity index (χ1v) is 6.74. The molecule has 0 fully saturated rings. The average Bonchev–Trinajstić information content (AvgIpc) is 2.65. The Morgan fingerprint density at radius 1 is 1.56 bits per heavy atom. The van der Waals surface area contributed by atoms with Gasteiger partial charge < -0.3 is 9.73 Å². The van der Waals surface area contributed by atoms with E-state index in [1.54, 1.807) is 12.1 Å². The van der Waals surface area contributed by atoms with Gasteiger partial charge in [0.25, 0.3) is 5.91 Å². The van der Waals surface area contributed by atoms with Crippen LogP contribution in [0.25, 0.3) is 0 Å². The van der Waals surface area contributed by atoms with Gasteiger partial charge >= 0.3 is 0 Å². The summed E-state index contributed by atoms with van der Waals surface area (Å²) in [6, 6.07) is 3.70. The van der Waals surface area contributed by atoms with Crippen molar-refractivity contribution in [3.05, 3.63) is 23.7 Å². The zero-order valence-electron chi connectivity index (χ0n) is 10.1. The summed E-state index contributed by atoms with van der Waals surface area (Å²) in [6.07, 6.45) is 0.990. The van der Waals surface area contributed by atoms with E-state index in [-0.39, 0.29) is 11.9 Å². The van der Waals surface area contributed by atoms with Crippen LogP contribution in [0.15, 0.2) is 16.5 Å². The molecule has 0 aromatic carbocycles. The van der Waals surface area contributed by atoms with E-state index in [9.17, 15) is 4.79 Å². The van der Waals surface area contributed by atoms with Crippen molar-refractivity contribution in [1.82, 2.24) is 5.32 Å². The van der Waals surface area contributed by atoms with Gasteiger partial charge in [-0.25, -0.2) is 0 Å². The monoisotopic (exact) mass is 241 g/mol. The Morgan fingerprint density at radius 2 is 2.31 bits per heavy atom. The van der Waals surface area contributed by atoms with Crippen LogP contribution in [-0.4, -0.2) is 23.5 Å². The van der Waals surface area contributed by atoms with Gasteiger partial charge in [-0.3, -0.25) is 4.79 Å². The van der Waals surface area contributed by atoms with Gasteiger partial charge in [-0.2, -0.15) is 11.8 Å². The highest BCUT2D eigenvalue weighted by molar-refractivity contribution is 7.99. The molecular weight excluding hydrogens is 222 g/mol. The van der Waals surface area contributed by atoms with Crippen LogP contribution in [-0.2, 0) is 0 Å². The van der Waals surface area contributed by atoms with Crippen molar-refractivity contribution in [1.29, 1.82) is 0 Å². The maximum Gasteiger partial charge on any atom is 0.287 e. The van der Waals surface area contributed by atoms with Gasteiger partial charge in [-0.15, -0.1) is 0 Å². The van der Waals surface area contributed by atoms with Gasteiger partial charge in [0.05, 0.1) is 0 Å². The fraction of sp³-hybridized carbons (Fsp3) is 0.583. The smallest absolute Gasteiger partial charge is 0.287 e. The second-order valence-electron chi connectivity index (χ2n) is 3.77. The lowest BCUT2D eigenvalue weighted by atomic mass is 10.2. The van der Waals surface area contributed by atoms with Crippen LogP contribution in [0.4, 0.5) is 0 Å². The van der Waals surface area contributed by atoms with Crippen molar-refractivity contribution in [3.8, 4) is 0 Å². The number of nitrogens with one attached hydrogen (secondary N) is 1. The summed E-state index contributed by atoms with van der Waals surface area (Å²) in [5.74, 6) is 3.24. The molecule has 16 heavy (non-hydrogen) atoms. The highest BCUT2D eigenvalue weighted by Crippen LogP contribution is 2.08. The first-order chi connectivity index (χ1) is 7.63. The lowest BCUT2D eigenvalue weighted by Crippen LogP contribution is -2.32. The first kappa shape index (κ1) is 13.2. The molecule has 0 saturated heterocycles. The topological polar surface area (TPSA) is 42.2 Å². The highest BCUT2D eigenvalue weighted by Gasteiger charge is 2.12. The minimum atomic E-state index is -0.123. The van der Waals surface area contributed by atoms with E-state index in [0.29, 0.717) is 5.76 Å². The van der Waals surface area contributed by atoms with Crippen LogP contribution in [0.5, 0.6) is 0 Å². The molecule has 90 valence electrons. The van der Waals surface area contributed by atoms with E-state index >= 15 is 0 Å². The normalized spacial score (nSPS) is 12.4. The number of thioether (sulfide) groups is 1. The van der Waals surface area contributed by atoms with Crippen molar-refractivity contribution < 1.29 is 9.21 Å². The van der Waals surface area contributed by atoms with Crippen LogP contribution in [0.3, 0.4) is 0 Å². The van der Waals surface area contributed by atoms with E-state index < -0.39 is 0 Å². The van der Waals surface area contributed by atoms with Crippen molar-refractivity contribution in [2.24, 2.45) is 0 Å². The highest BCUT2D eigenvalue weighted by atomic mass is 32.2. The summed E-state index contributed by atoms with van der Waals surface area (Å²) in [5.41, 5.74) is 0. The van der Waals surface area contributed by atoms with E-state index in [0.717, 1.165) is 23.7 Å². The van der Waals surface area contributed by atoms with E-state index in [1.165, 1.54) is 0 Å². The molecule has 0 bridgehead atoms. The first-order valence-electron chi connectivity index (χ1n) is 5.58. The van der Waals surface area contributed by atoms with Crippen molar-refractivity contribution in [2.75, 3.05) is 11.5 Å². The predicted octanol–water partition coefficient (Wildman–Crippen LogP) is 2.85. The maximum absolute atomic E-state index is 11.7. The quantitative estimate of drug-likeness (QED) is 0.779. The molecule has 0 saturated carbocycles.